The van der Waals surface area contributed by atoms with Crippen LogP contribution in [0.4, 0.5) is 4.79 Å². The van der Waals surface area contributed by atoms with Gasteiger partial charge in [0.15, 0.2) is 0 Å². The van der Waals surface area contributed by atoms with Gasteiger partial charge < -0.3 is 15.0 Å². The second-order valence-electron chi connectivity index (χ2n) is 9.46. The fraction of sp³-hybridized carbons (Fsp3) is 0.923. The van der Waals surface area contributed by atoms with Gasteiger partial charge in [-0.2, -0.15) is 0 Å². The number of unbranched alkanes of at least 4 members (excludes halogenated alkanes) is 8. The van der Waals surface area contributed by atoms with Crippen molar-refractivity contribution in [1.29, 1.82) is 0 Å². The summed E-state index contributed by atoms with van der Waals surface area (Å²) >= 11 is 1.43. The second-order valence-corrected chi connectivity index (χ2v) is 10.7. The fourth-order valence-corrected chi connectivity index (χ4v) is 5.11. The van der Waals surface area contributed by atoms with Crippen molar-refractivity contribution in [2.45, 2.75) is 128 Å². The number of hydrogen-bond donors (Lipinski definition) is 1. The van der Waals surface area contributed by atoms with Crippen LogP contribution >= 0.6 is 11.8 Å². The topological polar surface area (TPSA) is 58.6 Å². The summed E-state index contributed by atoms with van der Waals surface area (Å²) in [6.45, 7) is 7.14. The van der Waals surface area contributed by atoms with Crippen LogP contribution in [0.15, 0.2) is 0 Å². The maximum absolute atomic E-state index is 12.4. The molecule has 188 valence electrons. The van der Waals surface area contributed by atoms with Crippen molar-refractivity contribution in [1.82, 2.24) is 10.2 Å². The van der Waals surface area contributed by atoms with Crippen LogP contribution in [-0.2, 0) is 9.53 Å². The number of carbonyl (C=O) groups is 2. The molecule has 1 heterocycles. The van der Waals surface area contributed by atoms with Crippen LogP contribution in [0.1, 0.15) is 117 Å². The molecule has 1 aliphatic heterocycles. The molecule has 1 aliphatic rings. The van der Waals surface area contributed by atoms with Gasteiger partial charge in [-0.25, -0.2) is 0 Å². The third-order valence-electron chi connectivity index (χ3n) is 6.32. The van der Waals surface area contributed by atoms with Gasteiger partial charge in [0.1, 0.15) is 6.10 Å². The molecule has 0 saturated carbocycles. The first-order valence-electron chi connectivity index (χ1n) is 13.4. The predicted molar refractivity (Wildman–Crippen MR) is 137 cm³/mol. The number of thioether (sulfide) groups is 1. The van der Waals surface area contributed by atoms with Crippen LogP contribution < -0.4 is 5.32 Å². The van der Waals surface area contributed by atoms with E-state index in [9.17, 15) is 9.59 Å². The van der Waals surface area contributed by atoms with E-state index in [0.29, 0.717) is 24.6 Å². The molecule has 6 heteroatoms. The summed E-state index contributed by atoms with van der Waals surface area (Å²) in [4.78, 5) is 26.8. The number of amides is 1. The van der Waals surface area contributed by atoms with E-state index >= 15 is 0 Å². The molecule has 0 radical (unpaired) electrons. The molecule has 0 aromatic rings. The number of hydrogen-bond acceptors (Lipinski definition) is 5. The molecule has 0 atom stereocenters. The number of carbonyl (C=O) groups excluding carboxylic acids is 2. The lowest BCUT2D eigenvalue weighted by molar-refractivity contribution is -0.150. The van der Waals surface area contributed by atoms with Gasteiger partial charge in [0.25, 0.3) is 5.24 Å². The molecule has 1 amide bonds. The largest absolute Gasteiger partial charge is 0.462 e. The van der Waals surface area contributed by atoms with E-state index in [1.165, 1.54) is 63.1 Å². The molecular formula is C26H50N2O3S. The van der Waals surface area contributed by atoms with Gasteiger partial charge in [-0.1, -0.05) is 77.0 Å². The van der Waals surface area contributed by atoms with Crippen LogP contribution in [-0.4, -0.2) is 54.1 Å². The molecule has 0 spiro atoms. The molecule has 0 aromatic carbocycles. The normalized spacial score (nSPS) is 15.2. The highest BCUT2D eigenvalue weighted by molar-refractivity contribution is 8.14. The van der Waals surface area contributed by atoms with E-state index in [1.807, 2.05) is 0 Å². The maximum atomic E-state index is 12.4. The van der Waals surface area contributed by atoms with E-state index in [2.05, 4.69) is 31.1 Å². The molecule has 1 rings (SSSR count). The van der Waals surface area contributed by atoms with Crippen molar-refractivity contribution in [3.8, 4) is 0 Å². The van der Waals surface area contributed by atoms with Crippen molar-refractivity contribution in [3.63, 3.8) is 0 Å². The Balaban J connectivity index is 2.20. The van der Waals surface area contributed by atoms with Gasteiger partial charge in [-0.3, -0.25) is 9.59 Å². The van der Waals surface area contributed by atoms with Gasteiger partial charge in [-0.05, 0) is 65.1 Å². The molecule has 5 nitrogen and oxygen atoms in total. The molecule has 1 fully saturated rings. The molecule has 0 unspecified atom stereocenters. The second kappa shape index (κ2) is 19.7. The van der Waals surface area contributed by atoms with Crippen molar-refractivity contribution in [2.75, 3.05) is 26.7 Å². The zero-order chi connectivity index (χ0) is 23.4. The van der Waals surface area contributed by atoms with E-state index in [0.717, 1.165) is 51.6 Å². The van der Waals surface area contributed by atoms with E-state index < -0.39 is 0 Å². The molecule has 0 bridgehead atoms. The molecule has 1 N–H and O–H groups in total. The van der Waals surface area contributed by atoms with Crippen molar-refractivity contribution in [3.05, 3.63) is 0 Å². The third kappa shape index (κ3) is 16.0. The molecule has 1 saturated heterocycles. The first-order valence-corrected chi connectivity index (χ1v) is 14.3. The number of likely N-dealkylation sites (tertiary alicyclic amines) is 1. The minimum absolute atomic E-state index is 0.0463. The summed E-state index contributed by atoms with van der Waals surface area (Å²) in [6.07, 6.45) is 17.7. The third-order valence-corrected chi connectivity index (χ3v) is 7.49. The number of esters is 1. The Morgan fingerprint density at radius 2 is 1.47 bits per heavy atom. The average molecular weight is 471 g/mol. The Kier molecular flexibility index (Phi) is 18.0. The summed E-state index contributed by atoms with van der Waals surface area (Å²) in [7, 11) is 2.13. The number of nitrogens with zero attached hydrogens (tertiary/aromatic N) is 1. The van der Waals surface area contributed by atoms with E-state index in [1.54, 1.807) is 0 Å². The van der Waals surface area contributed by atoms with Crippen LogP contribution in [0.3, 0.4) is 0 Å². The van der Waals surface area contributed by atoms with Gasteiger partial charge in [0.2, 0.25) is 0 Å². The summed E-state index contributed by atoms with van der Waals surface area (Å²) in [6, 6.07) is 0. The van der Waals surface area contributed by atoms with E-state index in [4.69, 9.17) is 4.74 Å². The quantitative estimate of drug-likeness (QED) is 0.174. The summed E-state index contributed by atoms with van der Waals surface area (Å²) in [5.41, 5.74) is 0. The van der Waals surface area contributed by atoms with Crippen molar-refractivity contribution in [2.24, 2.45) is 0 Å². The van der Waals surface area contributed by atoms with Crippen molar-refractivity contribution < 1.29 is 14.3 Å². The minimum Gasteiger partial charge on any atom is -0.462 e. The summed E-state index contributed by atoms with van der Waals surface area (Å²) in [5.74, 6) is -0.102. The zero-order valence-electron chi connectivity index (χ0n) is 21.2. The lowest BCUT2D eigenvalue weighted by atomic mass is 10.0. The van der Waals surface area contributed by atoms with Gasteiger partial charge in [-0.15, -0.1) is 0 Å². The lowest BCUT2D eigenvalue weighted by Crippen LogP contribution is -2.33. The fourth-order valence-electron chi connectivity index (χ4n) is 4.18. The number of nitrogens with one attached hydrogen (secondary N) is 1. The molecular weight excluding hydrogens is 420 g/mol. The smallest absolute Gasteiger partial charge is 0.306 e. The number of piperidine rings is 1. The van der Waals surface area contributed by atoms with Crippen LogP contribution in [0, 0.1) is 0 Å². The Morgan fingerprint density at radius 1 is 0.906 bits per heavy atom. The summed E-state index contributed by atoms with van der Waals surface area (Å²) < 4.78 is 5.84. The minimum atomic E-state index is -0.102. The molecule has 0 aliphatic carbocycles. The van der Waals surface area contributed by atoms with Crippen LogP contribution in [0.25, 0.3) is 0 Å². The van der Waals surface area contributed by atoms with Gasteiger partial charge in [0, 0.05) is 18.2 Å². The van der Waals surface area contributed by atoms with Crippen LogP contribution in [0.5, 0.6) is 0 Å². The highest BCUT2D eigenvalue weighted by atomic mass is 32.2. The van der Waals surface area contributed by atoms with E-state index in [-0.39, 0.29) is 17.3 Å². The van der Waals surface area contributed by atoms with Crippen molar-refractivity contribution >= 4 is 23.0 Å². The molecule has 0 aromatic heterocycles. The Bertz CT molecular complexity index is 468. The van der Waals surface area contributed by atoms with Gasteiger partial charge >= 0.3 is 5.97 Å². The SMILES string of the molecule is CCCCCCCC(CCCCCCC)OC(=O)CCCNC(=O)SC1CCN(C)CC1. The maximum Gasteiger partial charge on any atom is 0.306 e. The highest BCUT2D eigenvalue weighted by Crippen LogP contribution is 2.23. The average Bonchev–Trinajstić information content (AvgIpc) is 2.77. The lowest BCUT2D eigenvalue weighted by Gasteiger charge is -2.27. The Labute approximate surface area is 202 Å². The Hall–Kier alpha value is -0.750. The first-order chi connectivity index (χ1) is 15.5. The first kappa shape index (κ1) is 29.3. The van der Waals surface area contributed by atoms with Gasteiger partial charge in [0.05, 0.1) is 0 Å². The monoisotopic (exact) mass is 470 g/mol. The van der Waals surface area contributed by atoms with Crippen LogP contribution in [0.2, 0.25) is 0 Å². The highest BCUT2D eigenvalue weighted by Gasteiger charge is 2.20. The molecule has 32 heavy (non-hydrogen) atoms. The number of ether oxygens (including phenoxy) is 1. The summed E-state index contributed by atoms with van der Waals surface area (Å²) in [5, 5.41) is 3.43. The zero-order valence-corrected chi connectivity index (χ0v) is 22.0. The standard InChI is InChI=1S/C26H50N2O3S/c1-4-6-8-10-12-15-23(16-13-11-9-7-5-2)31-25(29)17-14-20-27-26(30)32-24-18-21-28(3)22-19-24/h23-24H,4-22H2,1-3H3,(H,27,30). The predicted octanol–water partition coefficient (Wildman–Crippen LogP) is 6.94. The number of rotatable bonds is 18. The Morgan fingerprint density at radius 3 is 2.03 bits per heavy atom.